The molecule has 166 valence electrons. The lowest BCUT2D eigenvalue weighted by Gasteiger charge is -2.05. The summed E-state index contributed by atoms with van der Waals surface area (Å²) < 4.78 is 0. The van der Waals surface area contributed by atoms with Crippen LogP contribution in [-0.4, -0.2) is 41.7 Å². The van der Waals surface area contributed by atoms with Gasteiger partial charge in [-0.3, -0.25) is 15.1 Å². The van der Waals surface area contributed by atoms with Gasteiger partial charge in [0.25, 0.3) is 0 Å². The molecule has 3 N–H and O–H groups in total. The minimum absolute atomic E-state index is 0.729. The van der Waals surface area contributed by atoms with Crippen molar-refractivity contribution >= 4 is 22.1 Å². The van der Waals surface area contributed by atoms with Gasteiger partial charge in [0.15, 0.2) is 5.65 Å². The fourth-order valence-electron chi connectivity index (χ4n) is 4.18. The van der Waals surface area contributed by atoms with Crippen LogP contribution >= 0.6 is 0 Å². The Morgan fingerprint density at radius 2 is 1.79 bits per heavy atom. The highest BCUT2D eigenvalue weighted by molar-refractivity contribution is 5.99. The second-order valence-electron chi connectivity index (χ2n) is 8.07. The molecule has 6 heterocycles. The smallest absolute Gasteiger partial charge is 0.155 e. The molecule has 0 aliphatic carbocycles. The zero-order valence-electron chi connectivity index (χ0n) is 18.6. The van der Waals surface area contributed by atoms with Gasteiger partial charge in [-0.1, -0.05) is 13.0 Å². The van der Waals surface area contributed by atoms with Crippen molar-refractivity contribution in [1.29, 1.82) is 0 Å². The molecule has 0 aromatic carbocycles. The van der Waals surface area contributed by atoms with E-state index in [4.69, 9.17) is 0 Å². The molecular formula is C26H22N8. The van der Waals surface area contributed by atoms with Crippen LogP contribution in [-0.2, 0) is 6.54 Å². The first-order valence-electron chi connectivity index (χ1n) is 11.2. The van der Waals surface area contributed by atoms with Gasteiger partial charge in [0.2, 0.25) is 0 Å². The minimum Gasteiger partial charge on any atom is -0.338 e. The number of aromatic nitrogens is 7. The molecule has 6 rings (SSSR count). The molecule has 34 heavy (non-hydrogen) atoms. The van der Waals surface area contributed by atoms with E-state index in [9.17, 15) is 0 Å². The molecule has 0 aliphatic rings. The summed E-state index contributed by atoms with van der Waals surface area (Å²) in [6.45, 7) is 3.79. The van der Waals surface area contributed by atoms with E-state index >= 15 is 0 Å². The van der Waals surface area contributed by atoms with E-state index in [-0.39, 0.29) is 0 Å². The number of rotatable bonds is 6. The van der Waals surface area contributed by atoms with Gasteiger partial charge in [0.1, 0.15) is 11.3 Å². The van der Waals surface area contributed by atoms with Gasteiger partial charge in [-0.15, -0.1) is 0 Å². The van der Waals surface area contributed by atoms with Crippen molar-refractivity contribution in [3.05, 3.63) is 79.0 Å². The van der Waals surface area contributed by atoms with E-state index < -0.39 is 0 Å². The Balaban J connectivity index is 1.44. The Kier molecular flexibility index (Phi) is 5.04. The summed E-state index contributed by atoms with van der Waals surface area (Å²) in [7, 11) is 0. The lowest BCUT2D eigenvalue weighted by atomic mass is 10.1. The van der Waals surface area contributed by atoms with Gasteiger partial charge >= 0.3 is 0 Å². The van der Waals surface area contributed by atoms with E-state index in [2.05, 4.69) is 65.6 Å². The fraction of sp³-hybridized carbons (Fsp3) is 0.115. The molecule has 0 aliphatic heterocycles. The maximum Gasteiger partial charge on any atom is 0.155 e. The summed E-state index contributed by atoms with van der Waals surface area (Å²) in [6, 6.07) is 14.2. The van der Waals surface area contributed by atoms with Gasteiger partial charge < -0.3 is 10.3 Å². The number of nitrogens with one attached hydrogen (secondary N) is 3. The van der Waals surface area contributed by atoms with Gasteiger partial charge in [0, 0.05) is 65.0 Å². The lowest BCUT2D eigenvalue weighted by molar-refractivity contribution is 0.724. The van der Waals surface area contributed by atoms with E-state index in [0.29, 0.717) is 0 Å². The molecule has 0 bridgehead atoms. The molecule has 6 aromatic rings. The number of pyridine rings is 4. The quantitative estimate of drug-likeness (QED) is 0.341. The first kappa shape index (κ1) is 20.2. The van der Waals surface area contributed by atoms with E-state index in [1.54, 1.807) is 12.4 Å². The fourth-order valence-corrected chi connectivity index (χ4v) is 4.18. The zero-order chi connectivity index (χ0) is 22.9. The molecule has 0 saturated heterocycles. The van der Waals surface area contributed by atoms with Crippen molar-refractivity contribution in [3.63, 3.8) is 0 Å². The van der Waals surface area contributed by atoms with Crippen LogP contribution in [0.1, 0.15) is 12.5 Å². The second kappa shape index (κ2) is 8.49. The topological polar surface area (TPSA) is 108 Å². The van der Waals surface area contributed by atoms with E-state index in [1.807, 2.05) is 42.9 Å². The highest BCUT2D eigenvalue weighted by Crippen LogP contribution is 2.33. The Hall–Kier alpha value is -4.43. The van der Waals surface area contributed by atoms with Crippen LogP contribution in [0.25, 0.3) is 55.8 Å². The summed E-state index contributed by atoms with van der Waals surface area (Å²) in [5, 5.41) is 12.9. The predicted molar refractivity (Wildman–Crippen MR) is 133 cm³/mol. The Morgan fingerprint density at radius 1 is 0.853 bits per heavy atom. The van der Waals surface area contributed by atoms with Crippen molar-refractivity contribution in [3.8, 4) is 33.8 Å². The third-order valence-electron chi connectivity index (χ3n) is 5.85. The van der Waals surface area contributed by atoms with E-state index in [1.165, 1.54) is 0 Å². The SMILES string of the molecule is CCNCc1cncc(-c2cnc3[nH]nc(-c4cc5c(-c6ccccn6)ccnc5[nH]4)c3c2)c1. The second-order valence-corrected chi connectivity index (χ2v) is 8.07. The highest BCUT2D eigenvalue weighted by atomic mass is 15.2. The number of hydrogen-bond donors (Lipinski definition) is 3. The van der Waals surface area contributed by atoms with Crippen LogP contribution in [0.15, 0.2) is 73.4 Å². The van der Waals surface area contributed by atoms with Crippen LogP contribution < -0.4 is 5.32 Å². The molecule has 6 aromatic heterocycles. The maximum atomic E-state index is 4.61. The number of aromatic amines is 2. The van der Waals surface area contributed by atoms with Crippen molar-refractivity contribution in [2.45, 2.75) is 13.5 Å². The zero-order valence-corrected chi connectivity index (χ0v) is 18.6. The van der Waals surface area contributed by atoms with Crippen molar-refractivity contribution in [2.75, 3.05) is 6.54 Å². The lowest BCUT2D eigenvalue weighted by Crippen LogP contribution is -2.11. The van der Waals surface area contributed by atoms with Gasteiger partial charge in [0.05, 0.1) is 11.4 Å². The summed E-state index contributed by atoms with van der Waals surface area (Å²) >= 11 is 0. The van der Waals surface area contributed by atoms with Crippen LogP contribution in [0.3, 0.4) is 0 Å². The average molecular weight is 447 g/mol. The van der Waals surface area contributed by atoms with Crippen LogP contribution in [0, 0.1) is 0 Å². The highest BCUT2D eigenvalue weighted by Gasteiger charge is 2.16. The predicted octanol–water partition coefficient (Wildman–Crippen LogP) is 4.73. The third-order valence-corrected chi connectivity index (χ3v) is 5.85. The molecule has 0 amide bonds. The van der Waals surface area contributed by atoms with Crippen molar-refractivity contribution in [2.24, 2.45) is 0 Å². The molecule has 0 fully saturated rings. The van der Waals surface area contributed by atoms with Gasteiger partial charge in [-0.05, 0) is 48.5 Å². The third kappa shape index (κ3) is 3.60. The number of fused-ring (bicyclic) bond motifs is 2. The van der Waals surface area contributed by atoms with Crippen LogP contribution in [0.5, 0.6) is 0 Å². The molecule has 0 unspecified atom stereocenters. The standard InChI is InChI=1S/C26H22N8/c1-2-27-12-16-9-17(14-28-13-16)18-10-21-24(33-34-26(21)31-15-18)23-11-20-19(6-8-30-25(20)32-23)22-5-3-4-7-29-22/h3-11,13-15,27H,2,12H2,1H3,(H,30,32)(H,31,33,34). The largest absolute Gasteiger partial charge is 0.338 e. The molecule has 0 spiro atoms. The molecule has 0 saturated carbocycles. The van der Waals surface area contributed by atoms with Crippen LogP contribution in [0.4, 0.5) is 0 Å². The molecule has 8 heteroatoms. The average Bonchev–Trinajstić information content (AvgIpc) is 3.51. The Labute approximate surface area is 195 Å². The Bertz CT molecular complexity index is 1600. The number of nitrogens with zero attached hydrogens (tertiary/aromatic N) is 5. The summed E-state index contributed by atoms with van der Waals surface area (Å²) in [4.78, 5) is 21.5. The summed E-state index contributed by atoms with van der Waals surface area (Å²) in [5.74, 6) is 0. The number of hydrogen-bond acceptors (Lipinski definition) is 6. The van der Waals surface area contributed by atoms with Gasteiger partial charge in [-0.25, -0.2) is 9.97 Å². The molecule has 8 nitrogen and oxygen atoms in total. The first-order valence-corrected chi connectivity index (χ1v) is 11.2. The molecule has 0 atom stereocenters. The minimum atomic E-state index is 0.729. The van der Waals surface area contributed by atoms with Crippen molar-refractivity contribution in [1.82, 2.24) is 40.4 Å². The van der Waals surface area contributed by atoms with Crippen molar-refractivity contribution < 1.29 is 0 Å². The van der Waals surface area contributed by atoms with Gasteiger partial charge in [-0.2, -0.15) is 5.10 Å². The monoisotopic (exact) mass is 446 g/mol. The normalized spacial score (nSPS) is 11.4. The van der Waals surface area contributed by atoms with Crippen LogP contribution in [0.2, 0.25) is 0 Å². The summed E-state index contributed by atoms with van der Waals surface area (Å²) in [5.41, 5.74) is 8.26. The van der Waals surface area contributed by atoms with E-state index in [0.717, 1.165) is 74.5 Å². The summed E-state index contributed by atoms with van der Waals surface area (Å²) in [6.07, 6.45) is 9.19. The molecule has 0 radical (unpaired) electrons. The molecular weight excluding hydrogens is 424 g/mol. The Morgan fingerprint density at radius 3 is 2.68 bits per heavy atom. The first-order chi connectivity index (χ1) is 16.8. The number of H-pyrrole nitrogens is 2. The maximum absolute atomic E-state index is 4.61.